The van der Waals surface area contributed by atoms with Gasteiger partial charge in [0.1, 0.15) is 23.7 Å². The van der Waals surface area contributed by atoms with Gasteiger partial charge in [-0.25, -0.2) is 4.39 Å². The Hall–Kier alpha value is -1.10. The number of ether oxygens (including phenoxy) is 1. The van der Waals surface area contributed by atoms with Crippen molar-refractivity contribution in [1.82, 2.24) is 5.32 Å². The van der Waals surface area contributed by atoms with Crippen molar-refractivity contribution < 1.29 is 13.9 Å². The summed E-state index contributed by atoms with van der Waals surface area (Å²) < 4.78 is 19.2. The van der Waals surface area contributed by atoms with E-state index in [-0.39, 0.29) is 11.3 Å². The normalized spacial score (nSPS) is 15.1. The van der Waals surface area contributed by atoms with Crippen LogP contribution in [0.25, 0.3) is 0 Å². The summed E-state index contributed by atoms with van der Waals surface area (Å²) >= 11 is 3.21. The zero-order valence-electron chi connectivity index (χ0n) is 7.14. The Morgan fingerprint density at radius 3 is 3.07 bits per heavy atom. The van der Waals surface area contributed by atoms with E-state index in [0.29, 0.717) is 17.6 Å². The molecule has 2 rings (SSSR count). The van der Waals surface area contributed by atoms with Crippen molar-refractivity contribution in [1.29, 1.82) is 0 Å². The summed E-state index contributed by atoms with van der Waals surface area (Å²) in [5, 5.41) is 2.54. The van der Waals surface area contributed by atoms with Gasteiger partial charge in [0, 0.05) is 0 Å². The highest BCUT2D eigenvalue weighted by Crippen LogP contribution is 2.31. The molecule has 0 saturated heterocycles. The molecule has 0 fully saturated rings. The molecular formula is C9H7BrFNO2. The predicted octanol–water partition coefficient (Wildman–Crippen LogP) is 1.71. The van der Waals surface area contributed by atoms with Crippen LogP contribution in [0.5, 0.6) is 5.75 Å². The largest absolute Gasteiger partial charge is 0.490 e. The van der Waals surface area contributed by atoms with Gasteiger partial charge in [0.2, 0.25) is 0 Å². The molecule has 1 N–H and O–H groups in total. The standard InChI is InChI=1S/C9H7BrFNO2/c10-5-1-2-6(11)7-8(5)14-4-3-12-9(7)13/h1-2H,3-4H2,(H,12,13). The van der Waals surface area contributed by atoms with Gasteiger partial charge < -0.3 is 10.1 Å². The van der Waals surface area contributed by atoms with Crippen molar-refractivity contribution in [2.45, 2.75) is 0 Å². The number of amides is 1. The van der Waals surface area contributed by atoms with Gasteiger partial charge in [-0.15, -0.1) is 0 Å². The van der Waals surface area contributed by atoms with E-state index in [9.17, 15) is 9.18 Å². The second kappa shape index (κ2) is 3.57. The van der Waals surface area contributed by atoms with E-state index >= 15 is 0 Å². The summed E-state index contributed by atoms with van der Waals surface area (Å²) in [4.78, 5) is 11.4. The number of hydrogen-bond acceptors (Lipinski definition) is 2. The number of rotatable bonds is 0. The van der Waals surface area contributed by atoms with Gasteiger partial charge in [0.25, 0.3) is 5.91 Å². The highest BCUT2D eigenvalue weighted by molar-refractivity contribution is 9.10. The van der Waals surface area contributed by atoms with E-state index in [1.54, 1.807) is 0 Å². The van der Waals surface area contributed by atoms with Gasteiger partial charge in [-0.05, 0) is 28.1 Å². The number of hydrogen-bond donors (Lipinski definition) is 1. The Balaban J connectivity index is 2.62. The lowest BCUT2D eigenvalue weighted by Crippen LogP contribution is -2.25. The molecule has 0 bridgehead atoms. The van der Waals surface area contributed by atoms with Crippen molar-refractivity contribution in [3.05, 3.63) is 28.0 Å². The van der Waals surface area contributed by atoms with Crippen LogP contribution in [-0.2, 0) is 0 Å². The molecule has 0 aliphatic carbocycles. The lowest BCUT2D eigenvalue weighted by molar-refractivity contribution is 0.0953. The average molecular weight is 260 g/mol. The molecule has 0 radical (unpaired) electrons. The number of fused-ring (bicyclic) bond motifs is 1. The van der Waals surface area contributed by atoms with Crippen molar-refractivity contribution in [2.24, 2.45) is 0 Å². The molecule has 1 aliphatic rings. The Bertz CT molecular complexity index is 395. The zero-order chi connectivity index (χ0) is 10.1. The molecule has 0 unspecified atom stereocenters. The van der Waals surface area contributed by atoms with E-state index < -0.39 is 11.7 Å². The maximum absolute atomic E-state index is 13.3. The van der Waals surface area contributed by atoms with Crippen molar-refractivity contribution in [3.8, 4) is 5.75 Å². The topological polar surface area (TPSA) is 38.3 Å². The van der Waals surface area contributed by atoms with Crippen LogP contribution in [0.1, 0.15) is 10.4 Å². The monoisotopic (exact) mass is 259 g/mol. The number of carbonyl (C=O) groups is 1. The van der Waals surface area contributed by atoms with E-state index in [1.807, 2.05) is 0 Å². The fourth-order valence-electron chi connectivity index (χ4n) is 1.29. The third-order valence-electron chi connectivity index (χ3n) is 1.92. The van der Waals surface area contributed by atoms with E-state index in [0.717, 1.165) is 0 Å². The van der Waals surface area contributed by atoms with Crippen LogP contribution >= 0.6 is 15.9 Å². The number of benzene rings is 1. The maximum Gasteiger partial charge on any atom is 0.258 e. The molecule has 14 heavy (non-hydrogen) atoms. The van der Waals surface area contributed by atoms with Gasteiger partial charge in [-0.2, -0.15) is 0 Å². The zero-order valence-corrected chi connectivity index (χ0v) is 8.73. The molecule has 1 heterocycles. The molecule has 5 heteroatoms. The molecule has 0 atom stereocenters. The second-order valence-electron chi connectivity index (χ2n) is 2.84. The molecule has 74 valence electrons. The summed E-state index contributed by atoms with van der Waals surface area (Å²) in [5.41, 5.74) is -0.0307. The van der Waals surface area contributed by atoms with Gasteiger partial charge >= 0.3 is 0 Å². The Labute approximate surface area is 88.4 Å². The minimum Gasteiger partial charge on any atom is -0.490 e. The fourth-order valence-corrected chi connectivity index (χ4v) is 1.74. The van der Waals surface area contributed by atoms with Crippen LogP contribution in [0.15, 0.2) is 16.6 Å². The number of halogens is 2. The lowest BCUT2D eigenvalue weighted by Gasteiger charge is -2.07. The molecule has 3 nitrogen and oxygen atoms in total. The molecule has 0 aromatic heterocycles. The first-order valence-electron chi connectivity index (χ1n) is 4.09. The molecular weight excluding hydrogens is 253 g/mol. The highest BCUT2D eigenvalue weighted by Gasteiger charge is 2.22. The van der Waals surface area contributed by atoms with Crippen LogP contribution in [0.2, 0.25) is 0 Å². The molecule has 0 saturated carbocycles. The predicted molar refractivity (Wildman–Crippen MR) is 51.9 cm³/mol. The summed E-state index contributed by atoms with van der Waals surface area (Å²) in [5.74, 6) is -0.723. The van der Waals surface area contributed by atoms with Crippen molar-refractivity contribution >= 4 is 21.8 Å². The first kappa shape index (κ1) is 9.45. The molecule has 1 aromatic rings. The highest BCUT2D eigenvalue weighted by atomic mass is 79.9. The molecule has 0 spiro atoms. The second-order valence-corrected chi connectivity index (χ2v) is 3.69. The van der Waals surface area contributed by atoms with Gasteiger partial charge in [-0.3, -0.25) is 4.79 Å². The first-order chi connectivity index (χ1) is 6.70. The molecule has 1 amide bonds. The Morgan fingerprint density at radius 1 is 1.50 bits per heavy atom. The van der Waals surface area contributed by atoms with Crippen molar-refractivity contribution in [3.63, 3.8) is 0 Å². The maximum atomic E-state index is 13.3. The summed E-state index contributed by atoms with van der Waals surface area (Å²) in [6.07, 6.45) is 0. The van der Waals surface area contributed by atoms with Crippen LogP contribution < -0.4 is 10.1 Å². The summed E-state index contributed by atoms with van der Waals surface area (Å²) in [6, 6.07) is 2.75. The fraction of sp³-hybridized carbons (Fsp3) is 0.222. The van der Waals surface area contributed by atoms with Crippen LogP contribution in [0.4, 0.5) is 4.39 Å². The third-order valence-corrected chi connectivity index (χ3v) is 2.54. The molecule has 1 aromatic carbocycles. The Kier molecular flexibility index (Phi) is 2.41. The summed E-state index contributed by atoms with van der Waals surface area (Å²) in [7, 11) is 0. The van der Waals surface area contributed by atoms with E-state index in [2.05, 4.69) is 21.2 Å². The minimum absolute atomic E-state index is 0.0307. The van der Waals surface area contributed by atoms with Gasteiger partial charge in [0.15, 0.2) is 0 Å². The first-order valence-corrected chi connectivity index (χ1v) is 4.88. The smallest absolute Gasteiger partial charge is 0.258 e. The van der Waals surface area contributed by atoms with Crippen molar-refractivity contribution in [2.75, 3.05) is 13.2 Å². The number of carbonyl (C=O) groups excluding carboxylic acids is 1. The van der Waals surface area contributed by atoms with Crippen LogP contribution in [-0.4, -0.2) is 19.1 Å². The lowest BCUT2D eigenvalue weighted by atomic mass is 10.2. The molecule has 1 aliphatic heterocycles. The van der Waals surface area contributed by atoms with Gasteiger partial charge in [-0.1, -0.05) is 0 Å². The summed E-state index contributed by atoms with van der Waals surface area (Å²) in [6.45, 7) is 0.736. The van der Waals surface area contributed by atoms with E-state index in [1.165, 1.54) is 12.1 Å². The average Bonchev–Trinajstić information content (AvgIpc) is 2.35. The van der Waals surface area contributed by atoms with E-state index in [4.69, 9.17) is 4.74 Å². The number of nitrogens with one attached hydrogen (secondary N) is 1. The third kappa shape index (κ3) is 1.48. The minimum atomic E-state index is -0.567. The van der Waals surface area contributed by atoms with Crippen LogP contribution in [0.3, 0.4) is 0 Å². The van der Waals surface area contributed by atoms with Gasteiger partial charge in [0.05, 0.1) is 11.0 Å². The quantitative estimate of drug-likeness (QED) is 0.771. The van der Waals surface area contributed by atoms with Crippen LogP contribution in [0, 0.1) is 5.82 Å². The Morgan fingerprint density at radius 2 is 2.29 bits per heavy atom. The SMILES string of the molecule is O=C1NCCOc2c(Br)ccc(F)c21.